The van der Waals surface area contributed by atoms with Crippen molar-refractivity contribution in [2.24, 2.45) is 0 Å². The van der Waals surface area contributed by atoms with E-state index in [4.69, 9.17) is 14.6 Å². The second kappa shape index (κ2) is 12.1. The van der Waals surface area contributed by atoms with Crippen LogP contribution in [0.1, 0.15) is 0 Å². The van der Waals surface area contributed by atoms with E-state index in [-0.39, 0.29) is 31.3 Å². The zero-order valence-corrected chi connectivity index (χ0v) is 20.0. The van der Waals surface area contributed by atoms with Crippen molar-refractivity contribution in [1.82, 2.24) is 14.9 Å². The van der Waals surface area contributed by atoms with Crippen molar-refractivity contribution >= 4 is 50.7 Å². The molecule has 1 atom stereocenters. The summed E-state index contributed by atoms with van der Waals surface area (Å²) in [6.07, 6.45) is 0.621. The molecule has 0 radical (unpaired) electrons. The highest BCUT2D eigenvalue weighted by Crippen LogP contribution is 2.35. The molecule has 0 saturated carbocycles. The molecule has 0 saturated heterocycles. The lowest BCUT2D eigenvalue weighted by atomic mass is 10.2. The lowest BCUT2D eigenvalue weighted by Gasteiger charge is -2.20. The number of rotatable bonds is 10. The molecular weight excluding hydrogens is 507 g/mol. The minimum atomic E-state index is -0.750. The van der Waals surface area contributed by atoms with Crippen molar-refractivity contribution < 1.29 is 24.1 Å². The molecule has 0 bridgehead atoms. The summed E-state index contributed by atoms with van der Waals surface area (Å²) in [5.74, 6) is 0.839. The molecule has 3 aromatic rings. The molecule has 0 aliphatic rings. The summed E-state index contributed by atoms with van der Waals surface area (Å²) in [5, 5.41) is 22.7. The summed E-state index contributed by atoms with van der Waals surface area (Å²) in [6, 6.07) is 8.08. The molecule has 1 unspecified atom stereocenters. The van der Waals surface area contributed by atoms with Crippen LogP contribution in [0.2, 0.25) is 0 Å². The van der Waals surface area contributed by atoms with E-state index in [0.717, 1.165) is 0 Å². The van der Waals surface area contributed by atoms with Crippen LogP contribution in [-0.2, 0) is 0 Å². The van der Waals surface area contributed by atoms with E-state index in [9.17, 15) is 9.50 Å². The van der Waals surface area contributed by atoms with Crippen molar-refractivity contribution in [2.75, 3.05) is 45.8 Å². The topological polar surface area (TPSA) is 100.0 Å². The van der Waals surface area contributed by atoms with Gasteiger partial charge in [0.15, 0.2) is 11.5 Å². The number of halogens is 3. The largest absolute Gasteiger partial charge is 0.493 e. The number of anilines is 2. The Kier molecular flexibility index (Phi) is 9.85. The second-order valence-corrected chi connectivity index (χ2v) is 7.86. The minimum absolute atomic E-state index is 0. The number of likely N-dealkylation sites (N-methyl/N-ethyl adjacent to an activating group) is 1. The molecule has 1 heterocycles. The lowest BCUT2D eigenvalue weighted by molar-refractivity contribution is 0.0701. The van der Waals surface area contributed by atoms with Gasteiger partial charge in [0, 0.05) is 29.0 Å². The van der Waals surface area contributed by atoms with Crippen LogP contribution in [0.15, 0.2) is 41.1 Å². The van der Waals surface area contributed by atoms with E-state index in [1.165, 1.54) is 19.5 Å². The molecule has 3 N–H and O–H groups in total. The number of nitrogens with zero attached hydrogens (tertiary/aromatic N) is 3. The number of hydrogen-bond acceptors (Lipinski definition) is 8. The number of methoxy groups -OCH3 is 1. The smallest absolute Gasteiger partial charge is 0.163 e. The van der Waals surface area contributed by atoms with Gasteiger partial charge in [0.2, 0.25) is 0 Å². The quantitative estimate of drug-likeness (QED) is 0.366. The molecule has 0 aliphatic heterocycles. The fourth-order valence-corrected chi connectivity index (χ4v) is 3.35. The van der Waals surface area contributed by atoms with Crippen molar-refractivity contribution in [3.8, 4) is 11.5 Å². The van der Waals surface area contributed by atoms with Gasteiger partial charge in [-0.05, 0) is 31.3 Å². The third-order valence-electron chi connectivity index (χ3n) is 4.54. The van der Waals surface area contributed by atoms with Crippen LogP contribution in [0.4, 0.5) is 15.9 Å². The second-order valence-electron chi connectivity index (χ2n) is 6.94. The number of fused-ring (bicyclic) bond motifs is 1. The molecule has 0 aliphatic carbocycles. The first kappa shape index (κ1) is 26.0. The van der Waals surface area contributed by atoms with Gasteiger partial charge in [-0.3, -0.25) is 0 Å². The Morgan fingerprint density at radius 3 is 2.69 bits per heavy atom. The van der Waals surface area contributed by atoms with Crippen LogP contribution in [0.3, 0.4) is 0 Å². The molecule has 8 nitrogen and oxygen atoms in total. The maximum absolute atomic E-state index is 14.2. The molecule has 0 fully saturated rings. The Morgan fingerprint density at radius 2 is 2.00 bits per heavy atom. The van der Waals surface area contributed by atoms with Crippen molar-refractivity contribution in [3.05, 3.63) is 46.9 Å². The predicted octanol–water partition coefficient (Wildman–Crippen LogP) is 3.37. The monoisotopic (exact) mass is 530 g/mol. The molecule has 32 heavy (non-hydrogen) atoms. The van der Waals surface area contributed by atoms with Gasteiger partial charge in [-0.15, -0.1) is 12.4 Å². The van der Waals surface area contributed by atoms with Crippen LogP contribution >= 0.6 is 28.3 Å². The number of aliphatic hydroxyl groups excluding tert-OH is 2. The van der Waals surface area contributed by atoms with E-state index < -0.39 is 11.9 Å². The van der Waals surface area contributed by atoms with E-state index >= 15 is 0 Å². The zero-order valence-electron chi connectivity index (χ0n) is 17.6. The highest BCUT2D eigenvalue weighted by Gasteiger charge is 2.15. The molecule has 0 amide bonds. The Hall–Kier alpha value is -2.24. The Morgan fingerprint density at radius 1 is 1.22 bits per heavy atom. The molecule has 0 spiro atoms. The van der Waals surface area contributed by atoms with Gasteiger partial charge in [0.25, 0.3) is 0 Å². The van der Waals surface area contributed by atoms with Crippen LogP contribution in [0.25, 0.3) is 10.9 Å². The molecule has 2 aromatic carbocycles. The summed E-state index contributed by atoms with van der Waals surface area (Å²) in [7, 11) is 3.31. The number of aromatic nitrogens is 2. The summed E-state index contributed by atoms with van der Waals surface area (Å²) >= 11 is 3.24. The number of hydrogen-bond donors (Lipinski definition) is 3. The van der Waals surface area contributed by atoms with Gasteiger partial charge in [-0.2, -0.15) is 0 Å². The van der Waals surface area contributed by atoms with E-state index in [1.54, 1.807) is 36.2 Å². The predicted molar refractivity (Wildman–Crippen MR) is 127 cm³/mol. The first-order valence-corrected chi connectivity index (χ1v) is 10.4. The minimum Gasteiger partial charge on any atom is -0.493 e. The average molecular weight is 532 g/mol. The Labute approximate surface area is 199 Å². The van der Waals surface area contributed by atoms with Gasteiger partial charge in [-0.1, -0.05) is 15.9 Å². The molecule has 11 heteroatoms. The van der Waals surface area contributed by atoms with Gasteiger partial charge in [-0.25, -0.2) is 14.4 Å². The summed E-state index contributed by atoms with van der Waals surface area (Å²) in [4.78, 5) is 10.3. The van der Waals surface area contributed by atoms with Crippen molar-refractivity contribution in [2.45, 2.75) is 6.10 Å². The van der Waals surface area contributed by atoms with Gasteiger partial charge in [0.05, 0.1) is 24.9 Å². The SMILES string of the molecule is COc1cc2c(Nc3ccc(Br)cc3F)ncnc2cc1OCC(O)CN(C)CCO.Cl. The van der Waals surface area contributed by atoms with Crippen molar-refractivity contribution in [1.29, 1.82) is 0 Å². The lowest BCUT2D eigenvalue weighted by Crippen LogP contribution is -2.34. The van der Waals surface area contributed by atoms with Crippen LogP contribution in [0, 0.1) is 5.82 Å². The molecule has 174 valence electrons. The first-order valence-electron chi connectivity index (χ1n) is 9.56. The third kappa shape index (κ3) is 6.63. The zero-order chi connectivity index (χ0) is 22.4. The van der Waals surface area contributed by atoms with Crippen LogP contribution in [-0.4, -0.2) is 71.6 Å². The fourth-order valence-electron chi connectivity index (χ4n) is 3.01. The Balaban J connectivity index is 0.00000363. The number of aliphatic hydroxyl groups is 2. The fraction of sp³-hybridized carbons (Fsp3) is 0.333. The summed E-state index contributed by atoms with van der Waals surface area (Å²) in [5.41, 5.74) is 0.843. The average Bonchev–Trinajstić information content (AvgIpc) is 2.73. The van der Waals surface area contributed by atoms with Gasteiger partial charge in [0.1, 0.15) is 30.7 Å². The van der Waals surface area contributed by atoms with Crippen LogP contribution in [0.5, 0.6) is 11.5 Å². The van der Waals surface area contributed by atoms with E-state index in [0.29, 0.717) is 45.8 Å². The maximum Gasteiger partial charge on any atom is 0.163 e. The number of benzene rings is 2. The Bertz CT molecular complexity index is 1050. The maximum atomic E-state index is 14.2. The standard InChI is InChI=1S/C21H24BrFN4O4.ClH/c1-27(5-6-28)10-14(29)11-31-20-9-18-15(8-19(20)30-2)21(25-12-24-18)26-17-4-3-13(22)7-16(17)23;/h3-4,7-9,12,14,28-29H,5-6,10-11H2,1-2H3,(H,24,25,26);1H. The number of ether oxygens (including phenoxy) is 2. The summed E-state index contributed by atoms with van der Waals surface area (Å²) in [6.45, 7) is 0.869. The van der Waals surface area contributed by atoms with E-state index in [2.05, 4.69) is 31.2 Å². The molecule has 1 aromatic heterocycles. The van der Waals surface area contributed by atoms with Crippen LogP contribution < -0.4 is 14.8 Å². The normalized spacial score (nSPS) is 11.8. The third-order valence-corrected chi connectivity index (χ3v) is 5.03. The van der Waals surface area contributed by atoms with E-state index in [1.807, 2.05) is 0 Å². The molecular formula is C21H25BrClFN4O4. The summed E-state index contributed by atoms with van der Waals surface area (Å²) < 4.78 is 26.1. The van der Waals surface area contributed by atoms with Gasteiger partial charge < -0.3 is 29.9 Å². The first-order chi connectivity index (χ1) is 14.9. The number of nitrogens with one attached hydrogen (secondary N) is 1. The highest BCUT2D eigenvalue weighted by molar-refractivity contribution is 9.10. The highest BCUT2D eigenvalue weighted by atomic mass is 79.9. The van der Waals surface area contributed by atoms with Crippen molar-refractivity contribution in [3.63, 3.8) is 0 Å². The van der Waals surface area contributed by atoms with Gasteiger partial charge >= 0.3 is 0 Å². The molecule has 3 rings (SSSR count).